The number of benzene rings is 6. The Balaban J connectivity index is 0.000000164. The first-order valence-electron chi connectivity index (χ1n) is 21.1. The molecule has 0 aromatic heterocycles. The lowest BCUT2D eigenvalue weighted by Crippen LogP contribution is -2.27. The fourth-order valence-corrected chi connectivity index (χ4v) is 8.73. The molecule has 0 unspecified atom stereocenters. The average molecular weight is 1300 g/mol. The molecule has 2 fully saturated rings. The van der Waals surface area contributed by atoms with Gasteiger partial charge in [0.25, 0.3) is 17.7 Å². The maximum atomic E-state index is 13.5. The number of hydrogen-bond donors (Lipinski definition) is 7. The fourth-order valence-electron chi connectivity index (χ4n) is 6.42. The second-order valence-corrected chi connectivity index (χ2v) is 20.4. The summed E-state index contributed by atoms with van der Waals surface area (Å²) in [7, 11) is 0. The summed E-state index contributed by atoms with van der Waals surface area (Å²) in [4.78, 5) is 36.8. The Morgan fingerprint density at radius 2 is 0.879 bits per heavy atom. The normalized spacial score (nSPS) is 12.6. The van der Waals surface area contributed by atoms with Crippen molar-refractivity contribution >= 4 is 136 Å². The van der Waals surface area contributed by atoms with Gasteiger partial charge in [-0.15, -0.1) is 0 Å². The van der Waals surface area contributed by atoms with Gasteiger partial charge in [0.05, 0.1) is 40.4 Å². The van der Waals surface area contributed by atoms with Crippen LogP contribution in [0.3, 0.4) is 0 Å². The summed E-state index contributed by atoms with van der Waals surface area (Å²) in [5.41, 5.74) is 9.19. The zero-order valence-corrected chi connectivity index (χ0v) is 44.3. The molecule has 0 aliphatic heterocycles. The van der Waals surface area contributed by atoms with Crippen LogP contribution < -0.4 is 31.9 Å². The molecule has 0 bridgehead atoms. The molecular formula is C50H48BrF2I3N6O4. The van der Waals surface area contributed by atoms with Gasteiger partial charge in [-0.2, -0.15) is 0 Å². The maximum Gasteiger partial charge on any atom is 0.253 e. The van der Waals surface area contributed by atoms with Crippen molar-refractivity contribution in [3.05, 3.63) is 169 Å². The van der Waals surface area contributed by atoms with Crippen molar-refractivity contribution in [1.82, 2.24) is 16.0 Å². The zero-order chi connectivity index (χ0) is 47.5. The Morgan fingerprint density at radius 1 is 0.530 bits per heavy atom. The summed E-state index contributed by atoms with van der Waals surface area (Å²) >= 11 is 10.2. The summed E-state index contributed by atoms with van der Waals surface area (Å²) in [5.74, 6) is -1.58. The summed E-state index contributed by atoms with van der Waals surface area (Å²) in [6.07, 6.45) is 4.16. The van der Waals surface area contributed by atoms with E-state index in [1.54, 1.807) is 6.07 Å². The number of hydrogen-bond acceptors (Lipinski definition) is 7. The molecule has 0 atom stereocenters. The third-order valence-electron chi connectivity index (χ3n) is 10.3. The highest BCUT2D eigenvalue weighted by atomic mass is 127. The topological polar surface area (TPSA) is 144 Å². The fraction of sp³-hybridized carbons (Fsp3) is 0.220. The molecule has 6 aromatic carbocycles. The van der Waals surface area contributed by atoms with Gasteiger partial charge < -0.3 is 37.0 Å². The molecule has 0 spiro atoms. The van der Waals surface area contributed by atoms with Gasteiger partial charge in [0.2, 0.25) is 0 Å². The number of carbonyl (C=O) groups excluding carboxylic acids is 3. The number of rotatable bonds is 13. The van der Waals surface area contributed by atoms with Crippen molar-refractivity contribution in [3.8, 4) is 0 Å². The van der Waals surface area contributed by atoms with Crippen LogP contribution in [0.4, 0.5) is 42.9 Å². The Bertz CT molecular complexity index is 2610. The van der Waals surface area contributed by atoms with Crippen LogP contribution >= 0.6 is 83.7 Å². The van der Waals surface area contributed by atoms with Crippen LogP contribution in [0.1, 0.15) is 73.4 Å². The lowest BCUT2D eigenvalue weighted by molar-refractivity contribution is 0.0939. The molecule has 16 heteroatoms. The second-order valence-electron chi connectivity index (χ2n) is 15.8. The Kier molecular flexibility index (Phi) is 18.6. The Hall–Kier alpha value is -4.38. The second kappa shape index (κ2) is 24.1. The minimum atomic E-state index is -0.487. The van der Waals surface area contributed by atoms with E-state index in [1.807, 2.05) is 68.4 Å². The van der Waals surface area contributed by atoms with Crippen molar-refractivity contribution in [2.24, 2.45) is 0 Å². The number of carbonyl (C=O) groups is 3. The SMILES string of the molecule is Cc1cc(I)ccc1Nc1ccc(Br)cc1C(=O)NC1CC1.Cc1cc(I)ccc1Nc1ccc(F)cc1C(=O)NC1CC1.Cc1cc(I)ccc1Nc1ccc(F)cc1C(=O)NCCO. The highest BCUT2D eigenvalue weighted by Gasteiger charge is 2.26. The summed E-state index contributed by atoms with van der Waals surface area (Å²) < 4.78 is 31.3. The lowest BCUT2D eigenvalue weighted by atomic mass is 10.1. The number of halogens is 6. The Morgan fingerprint density at radius 3 is 1.24 bits per heavy atom. The molecule has 8 rings (SSSR count). The van der Waals surface area contributed by atoms with Crippen LogP contribution in [0.2, 0.25) is 0 Å². The zero-order valence-electron chi connectivity index (χ0n) is 36.2. The molecular weight excluding hydrogens is 1250 g/mol. The number of aryl methyl sites for hydroxylation is 3. The van der Waals surface area contributed by atoms with Crippen LogP contribution in [0, 0.1) is 43.1 Å². The quantitative estimate of drug-likeness (QED) is 0.0571. The van der Waals surface area contributed by atoms with Crippen LogP contribution in [0.25, 0.3) is 0 Å². The predicted octanol–water partition coefficient (Wildman–Crippen LogP) is 12.6. The van der Waals surface area contributed by atoms with E-state index in [2.05, 4.69) is 141 Å². The number of anilines is 6. The molecule has 0 saturated heterocycles. The monoisotopic (exact) mass is 1290 g/mol. The summed E-state index contributed by atoms with van der Waals surface area (Å²) in [6, 6.07) is 32.7. The summed E-state index contributed by atoms with van der Waals surface area (Å²) in [6.45, 7) is 5.97. The number of nitrogens with one attached hydrogen (secondary N) is 6. The first-order chi connectivity index (χ1) is 31.6. The van der Waals surface area contributed by atoms with E-state index >= 15 is 0 Å². The molecule has 2 saturated carbocycles. The van der Waals surface area contributed by atoms with Gasteiger partial charge in [-0.05, 0) is 240 Å². The van der Waals surface area contributed by atoms with Gasteiger partial charge >= 0.3 is 0 Å². The smallest absolute Gasteiger partial charge is 0.253 e. The van der Waals surface area contributed by atoms with E-state index < -0.39 is 17.5 Å². The molecule has 0 radical (unpaired) electrons. The van der Waals surface area contributed by atoms with Gasteiger partial charge in [0.1, 0.15) is 11.6 Å². The van der Waals surface area contributed by atoms with E-state index in [-0.39, 0.29) is 36.6 Å². The van der Waals surface area contributed by atoms with Crippen LogP contribution in [0.15, 0.2) is 114 Å². The van der Waals surface area contributed by atoms with Gasteiger partial charge in [-0.1, -0.05) is 15.9 Å². The maximum absolute atomic E-state index is 13.5. The molecule has 7 N–H and O–H groups in total. The van der Waals surface area contributed by atoms with Crippen LogP contribution in [0.5, 0.6) is 0 Å². The van der Waals surface area contributed by atoms with E-state index in [0.29, 0.717) is 28.5 Å². The highest BCUT2D eigenvalue weighted by molar-refractivity contribution is 14.1. The van der Waals surface area contributed by atoms with Gasteiger partial charge in [-0.25, -0.2) is 8.78 Å². The van der Waals surface area contributed by atoms with Gasteiger partial charge in [0, 0.05) is 50.9 Å². The van der Waals surface area contributed by atoms with Crippen molar-refractivity contribution in [2.45, 2.75) is 58.5 Å². The molecule has 3 amide bonds. The van der Waals surface area contributed by atoms with Gasteiger partial charge in [0.15, 0.2) is 0 Å². The number of amides is 3. The first kappa shape index (κ1) is 51.0. The van der Waals surface area contributed by atoms with Crippen LogP contribution in [-0.2, 0) is 0 Å². The number of aliphatic hydroxyl groups excluding tert-OH is 1. The van der Waals surface area contributed by atoms with Crippen molar-refractivity contribution in [2.75, 3.05) is 29.1 Å². The van der Waals surface area contributed by atoms with Gasteiger partial charge in [-0.3, -0.25) is 14.4 Å². The third kappa shape index (κ3) is 15.3. The third-order valence-corrected chi connectivity index (χ3v) is 12.8. The van der Waals surface area contributed by atoms with E-state index in [4.69, 9.17) is 5.11 Å². The predicted molar refractivity (Wildman–Crippen MR) is 289 cm³/mol. The van der Waals surface area contributed by atoms with Crippen molar-refractivity contribution in [3.63, 3.8) is 0 Å². The molecule has 2 aliphatic rings. The molecule has 10 nitrogen and oxygen atoms in total. The average Bonchev–Trinajstić information content (AvgIpc) is 4.23. The first-order valence-corrected chi connectivity index (χ1v) is 25.1. The van der Waals surface area contributed by atoms with Crippen molar-refractivity contribution in [1.29, 1.82) is 0 Å². The highest BCUT2D eigenvalue weighted by Crippen LogP contribution is 2.30. The Labute approximate surface area is 432 Å². The summed E-state index contributed by atoms with van der Waals surface area (Å²) in [5, 5.41) is 27.0. The largest absolute Gasteiger partial charge is 0.395 e. The number of aliphatic hydroxyl groups is 1. The minimum Gasteiger partial charge on any atom is -0.395 e. The molecule has 2 aliphatic carbocycles. The van der Waals surface area contributed by atoms with Crippen molar-refractivity contribution < 1.29 is 28.3 Å². The van der Waals surface area contributed by atoms with E-state index in [9.17, 15) is 23.2 Å². The molecule has 344 valence electrons. The standard InChI is InChI=1S/C17H16BrIN2O.C17H16FIN2O.C16H16FIN2O2/c2*1-10-8-12(19)3-7-15(10)21-16-6-2-11(18)9-14(16)17(22)20-13-4-5-13;1-10-8-12(18)3-5-14(10)20-15-4-2-11(17)9-13(15)16(22)19-6-7-21/h2*2-3,6-9,13,21H,4-5H2,1H3,(H,20,22);2-5,8-9,20-21H,6-7H2,1H3,(H,19,22). The molecule has 6 aromatic rings. The molecule has 66 heavy (non-hydrogen) atoms. The van der Waals surface area contributed by atoms with E-state index in [0.717, 1.165) is 76.7 Å². The van der Waals surface area contributed by atoms with Crippen LogP contribution in [-0.4, -0.2) is 48.1 Å². The van der Waals surface area contributed by atoms with E-state index in [1.165, 1.54) is 33.9 Å². The molecule has 0 heterocycles. The lowest BCUT2D eigenvalue weighted by Gasteiger charge is -2.14. The minimum absolute atomic E-state index is 0.0190.